The molecule has 3 N–H and O–H groups in total. The van der Waals surface area contributed by atoms with Crippen molar-refractivity contribution in [3.63, 3.8) is 0 Å². The van der Waals surface area contributed by atoms with Gasteiger partial charge in [-0.25, -0.2) is 4.79 Å². The zero-order valence-electron chi connectivity index (χ0n) is 22.8. The van der Waals surface area contributed by atoms with Gasteiger partial charge >= 0.3 is 6.09 Å². The smallest absolute Gasteiger partial charge is 0.408 e. The lowest BCUT2D eigenvalue weighted by molar-refractivity contribution is -0.123. The van der Waals surface area contributed by atoms with Gasteiger partial charge in [0.2, 0.25) is 5.91 Å². The number of fused-ring (bicyclic) bond motifs is 3. The molecular formula is C35H31N3O3. The average Bonchev–Trinajstić information content (AvgIpc) is 3.42. The van der Waals surface area contributed by atoms with Crippen molar-refractivity contribution in [2.24, 2.45) is 0 Å². The summed E-state index contributed by atoms with van der Waals surface area (Å²) in [5.74, 6) is -0.279. The molecule has 6 rings (SSSR count). The minimum atomic E-state index is -0.836. The van der Waals surface area contributed by atoms with E-state index in [2.05, 4.69) is 33.8 Å². The topological polar surface area (TPSA) is 83.2 Å². The zero-order valence-corrected chi connectivity index (χ0v) is 22.8. The van der Waals surface area contributed by atoms with Crippen molar-refractivity contribution in [1.29, 1.82) is 0 Å². The Bertz CT molecular complexity index is 1790. The van der Waals surface area contributed by atoms with Crippen molar-refractivity contribution in [3.05, 3.63) is 132 Å². The predicted molar refractivity (Wildman–Crippen MR) is 164 cm³/mol. The number of aromatic amines is 1. The molecule has 0 spiro atoms. The maximum atomic E-state index is 13.6. The van der Waals surface area contributed by atoms with Crippen LogP contribution in [0.5, 0.6) is 0 Å². The normalized spacial score (nSPS) is 12.7. The van der Waals surface area contributed by atoms with E-state index in [-0.39, 0.29) is 18.6 Å². The van der Waals surface area contributed by atoms with Crippen molar-refractivity contribution in [2.75, 3.05) is 0 Å². The molecule has 5 aromatic carbocycles. The molecule has 6 aromatic rings. The van der Waals surface area contributed by atoms with E-state index in [0.717, 1.165) is 49.1 Å². The molecule has 0 saturated heterocycles. The standard InChI is InChI=1S/C35H31N3O3/c1-23(24-11-3-2-4-12-24)37-34(39)33(20-27-21-36-32-18-10-9-17-30(27)32)38-35(40)41-22-31-28-15-7-5-13-25(28)19-26-14-6-8-16-29(26)31/h2-19,21,23,33,36H,20,22H2,1H3,(H,37,39)(H,38,40)/t23-,33+/m0/s1. The van der Waals surface area contributed by atoms with E-state index < -0.39 is 12.1 Å². The molecule has 0 saturated carbocycles. The monoisotopic (exact) mass is 541 g/mol. The Labute approximate surface area is 238 Å². The van der Waals surface area contributed by atoms with Crippen LogP contribution in [0.4, 0.5) is 4.79 Å². The highest BCUT2D eigenvalue weighted by atomic mass is 16.5. The van der Waals surface area contributed by atoms with Crippen molar-refractivity contribution in [3.8, 4) is 0 Å². The third-order valence-electron chi connectivity index (χ3n) is 7.60. The molecule has 1 aromatic heterocycles. The highest BCUT2D eigenvalue weighted by Gasteiger charge is 2.25. The Morgan fingerprint density at radius 3 is 2.07 bits per heavy atom. The number of hydrogen-bond acceptors (Lipinski definition) is 3. The van der Waals surface area contributed by atoms with Crippen molar-refractivity contribution < 1.29 is 14.3 Å². The Balaban J connectivity index is 1.23. The van der Waals surface area contributed by atoms with Crippen LogP contribution in [0.2, 0.25) is 0 Å². The second-order valence-electron chi connectivity index (χ2n) is 10.3. The number of hydrogen-bond donors (Lipinski definition) is 3. The summed E-state index contributed by atoms with van der Waals surface area (Å²) in [6.45, 7) is 2.01. The predicted octanol–water partition coefficient (Wildman–Crippen LogP) is 7.19. The van der Waals surface area contributed by atoms with Gasteiger partial charge in [-0.05, 0) is 51.7 Å². The summed E-state index contributed by atoms with van der Waals surface area (Å²) in [6, 6.07) is 34.9. The maximum absolute atomic E-state index is 13.6. The van der Waals surface area contributed by atoms with E-state index in [1.54, 1.807) is 0 Å². The summed E-state index contributed by atoms with van der Waals surface area (Å²) in [7, 11) is 0. The number of aromatic nitrogens is 1. The quantitative estimate of drug-likeness (QED) is 0.178. The molecule has 0 unspecified atom stereocenters. The molecule has 0 radical (unpaired) electrons. The Morgan fingerprint density at radius 2 is 1.37 bits per heavy atom. The third kappa shape index (κ3) is 5.63. The van der Waals surface area contributed by atoms with Gasteiger partial charge in [-0.15, -0.1) is 0 Å². The summed E-state index contributed by atoms with van der Waals surface area (Å²) in [4.78, 5) is 30.0. The Hall–Kier alpha value is -5.10. The van der Waals surface area contributed by atoms with E-state index >= 15 is 0 Å². The largest absolute Gasteiger partial charge is 0.445 e. The maximum Gasteiger partial charge on any atom is 0.408 e. The van der Waals surface area contributed by atoms with Crippen LogP contribution in [0.3, 0.4) is 0 Å². The molecule has 6 nitrogen and oxygen atoms in total. The summed E-state index contributed by atoms with van der Waals surface area (Å²) in [5, 5.41) is 11.2. The third-order valence-corrected chi connectivity index (χ3v) is 7.60. The fraction of sp³-hybridized carbons (Fsp3) is 0.143. The van der Waals surface area contributed by atoms with Crippen LogP contribution >= 0.6 is 0 Å². The van der Waals surface area contributed by atoms with E-state index in [1.165, 1.54) is 0 Å². The average molecular weight is 542 g/mol. The first kappa shape index (κ1) is 26.1. The lowest BCUT2D eigenvalue weighted by Gasteiger charge is -2.22. The van der Waals surface area contributed by atoms with Gasteiger partial charge in [0.15, 0.2) is 0 Å². The first-order valence-electron chi connectivity index (χ1n) is 13.8. The second kappa shape index (κ2) is 11.6. The second-order valence-corrected chi connectivity index (χ2v) is 10.3. The fourth-order valence-electron chi connectivity index (χ4n) is 5.45. The van der Waals surface area contributed by atoms with E-state index in [9.17, 15) is 9.59 Å². The highest BCUT2D eigenvalue weighted by Crippen LogP contribution is 2.29. The minimum absolute atomic E-state index is 0.0789. The number of alkyl carbamates (subject to hydrolysis) is 1. The number of nitrogens with one attached hydrogen (secondary N) is 3. The number of benzene rings is 5. The molecule has 2 atom stereocenters. The number of ether oxygens (including phenoxy) is 1. The molecule has 204 valence electrons. The van der Waals surface area contributed by atoms with Crippen LogP contribution < -0.4 is 10.6 Å². The number of carbonyl (C=O) groups excluding carboxylic acids is 2. The summed E-state index contributed by atoms with van der Waals surface area (Å²) in [5.41, 5.74) is 3.83. The number of carbonyl (C=O) groups is 2. The van der Waals surface area contributed by atoms with Crippen LogP contribution in [0, 0.1) is 0 Å². The molecule has 41 heavy (non-hydrogen) atoms. The van der Waals surface area contributed by atoms with E-state index in [1.807, 2.05) is 104 Å². The van der Waals surface area contributed by atoms with Gasteiger partial charge in [0.05, 0.1) is 6.04 Å². The summed E-state index contributed by atoms with van der Waals surface area (Å²) < 4.78 is 5.78. The highest BCUT2D eigenvalue weighted by molar-refractivity contribution is 6.02. The van der Waals surface area contributed by atoms with Gasteiger partial charge in [-0.3, -0.25) is 4.79 Å². The van der Waals surface area contributed by atoms with Crippen LogP contribution in [-0.4, -0.2) is 23.0 Å². The fourth-order valence-corrected chi connectivity index (χ4v) is 5.45. The van der Waals surface area contributed by atoms with Gasteiger partial charge in [0.25, 0.3) is 0 Å². The van der Waals surface area contributed by atoms with Gasteiger partial charge in [0.1, 0.15) is 12.6 Å². The molecular weight excluding hydrogens is 510 g/mol. The van der Waals surface area contributed by atoms with Gasteiger partial charge in [-0.2, -0.15) is 0 Å². The van der Waals surface area contributed by atoms with Crippen LogP contribution in [0.25, 0.3) is 32.4 Å². The Morgan fingerprint density at radius 1 is 0.756 bits per heavy atom. The van der Waals surface area contributed by atoms with Crippen molar-refractivity contribution >= 4 is 44.4 Å². The summed E-state index contributed by atoms with van der Waals surface area (Å²) >= 11 is 0. The first-order valence-corrected chi connectivity index (χ1v) is 13.8. The van der Waals surface area contributed by atoms with Gasteiger partial charge in [0, 0.05) is 29.1 Å². The lowest BCUT2D eigenvalue weighted by atomic mass is 9.97. The first-order chi connectivity index (χ1) is 20.1. The molecule has 2 amide bonds. The molecule has 1 heterocycles. The molecule has 0 bridgehead atoms. The molecule has 6 heteroatoms. The van der Waals surface area contributed by atoms with E-state index in [4.69, 9.17) is 4.74 Å². The van der Waals surface area contributed by atoms with Gasteiger partial charge in [-0.1, -0.05) is 97.1 Å². The molecule has 0 aliphatic heterocycles. The van der Waals surface area contributed by atoms with Crippen LogP contribution in [-0.2, 0) is 22.6 Å². The van der Waals surface area contributed by atoms with Crippen molar-refractivity contribution in [2.45, 2.75) is 32.0 Å². The van der Waals surface area contributed by atoms with Gasteiger partial charge < -0.3 is 20.4 Å². The minimum Gasteiger partial charge on any atom is -0.445 e. The van der Waals surface area contributed by atoms with E-state index in [0.29, 0.717) is 6.42 Å². The number of H-pyrrole nitrogens is 1. The molecule has 0 fully saturated rings. The number of rotatable bonds is 8. The lowest BCUT2D eigenvalue weighted by Crippen LogP contribution is -2.48. The molecule has 0 aliphatic rings. The zero-order chi connectivity index (χ0) is 28.2. The summed E-state index contributed by atoms with van der Waals surface area (Å²) in [6.07, 6.45) is 1.55. The number of amides is 2. The Kier molecular flexibility index (Phi) is 7.37. The van der Waals surface area contributed by atoms with Crippen LogP contribution in [0.15, 0.2) is 115 Å². The van der Waals surface area contributed by atoms with Crippen LogP contribution in [0.1, 0.15) is 29.7 Å². The number of para-hydroxylation sites is 1. The van der Waals surface area contributed by atoms with Crippen molar-refractivity contribution in [1.82, 2.24) is 15.6 Å². The molecule has 0 aliphatic carbocycles. The SMILES string of the molecule is C[C@H](NC(=O)[C@@H](Cc1c[nH]c2ccccc12)NC(=O)OCc1c2ccccc2cc2ccccc12)c1ccccc1.